The highest BCUT2D eigenvalue weighted by atomic mass is 32.2. The molecule has 0 aromatic carbocycles. The number of imidazole rings is 1. The van der Waals surface area contributed by atoms with E-state index in [0.29, 0.717) is 23.5 Å². The van der Waals surface area contributed by atoms with Gasteiger partial charge in [0.05, 0.1) is 16.9 Å². The Balaban J connectivity index is 1.82. The second kappa shape index (κ2) is 8.90. The molecule has 0 atom stereocenters. The third kappa shape index (κ3) is 5.22. The zero-order chi connectivity index (χ0) is 26.5. The van der Waals surface area contributed by atoms with Gasteiger partial charge in [-0.1, -0.05) is 12.1 Å². The molecule has 1 saturated carbocycles. The maximum atomic E-state index is 13.6. The summed E-state index contributed by atoms with van der Waals surface area (Å²) in [4.78, 5) is 24.6. The first-order valence-electron chi connectivity index (χ1n) is 10.4. The fourth-order valence-electron chi connectivity index (χ4n) is 3.40. The summed E-state index contributed by atoms with van der Waals surface area (Å²) in [6.07, 6.45) is -5.64. The monoisotopic (exact) mass is 537 g/mol. The molecule has 3 heterocycles. The van der Waals surface area contributed by atoms with Crippen molar-refractivity contribution >= 4 is 21.7 Å². The van der Waals surface area contributed by atoms with Crippen LogP contribution in [-0.2, 0) is 20.9 Å². The van der Waals surface area contributed by atoms with Gasteiger partial charge in [-0.15, -0.1) is 0 Å². The van der Waals surface area contributed by atoms with Crippen LogP contribution < -0.4 is 5.69 Å². The summed E-state index contributed by atoms with van der Waals surface area (Å²) in [7, 11) is -4.00. The van der Waals surface area contributed by atoms with Crippen LogP contribution in [0.15, 0.2) is 39.4 Å². The number of hydrogen-bond donors (Lipinski definition) is 0. The Labute approximate surface area is 198 Å². The standard InChI is InChI=1S/C20H17F6N5O4S/c1-2-36(33,34)14-5-11(8-28-35-10-19(21,22)23)7-27-17(14)13-9-30-16(29-13)6-15(20(24,25)26)31(18(30)32)12-3-4-12/h5-9,12H,2-4,10H2,1H3/b28-8+. The van der Waals surface area contributed by atoms with Gasteiger partial charge in [-0.25, -0.2) is 18.2 Å². The zero-order valence-electron chi connectivity index (χ0n) is 18.3. The molecule has 3 aromatic rings. The van der Waals surface area contributed by atoms with Crippen LogP contribution in [0.4, 0.5) is 26.3 Å². The Morgan fingerprint density at radius 2 is 1.89 bits per heavy atom. The largest absolute Gasteiger partial charge is 0.431 e. The topological polar surface area (TPSA) is 108 Å². The molecule has 0 amide bonds. The van der Waals surface area contributed by atoms with E-state index in [1.54, 1.807) is 0 Å². The molecule has 0 unspecified atom stereocenters. The van der Waals surface area contributed by atoms with Crippen LogP contribution in [0.5, 0.6) is 0 Å². The highest BCUT2D eigenvalue weighted by Gasteiger charge is 2.40. The number of alkyl halides is 6. The summed E-state index contributed by atoms with van der Waals surface area (Å²) in [5.41, 5.74) is -2.96. The van der Waals surface area contributed by atoms with Gasteiger partial charge in [0.2, 0.25) is 6.61 Å². The molecule has 0 bridgehead atoms. The van der Waals surface area contributed by atoms with E-state index in [0.717, 1.165) is 29.1 Å². The molecule has 9 nitrogen and oxygen atoms in total. The molecular weight excluding hydrogens is 520 g/mol. The van der Waals surface area contributed by atoms with Crippen molar-refractivity contribution in [1.82, 2.24) is 18.9 Å². The molecule has 0 spiro atoms. The predicted octanol–water partition coefficient (Wildman–Crippen LogP) is 3.62. The minimum atomic E-state index is -4.82. The number of rotatable bonds is 7. The number of halogens is 6. The van der Waals surface area contributed by atoms with Crippen LogP contribution >= 0.6 is 0 Å². The lowest BCUT2D eigenvalue weighted by Crippen LogP contribution is -2.31. The summed E-state index contributed by atoms with van der Waals surface area (Å²) < 4.78 is 104. The predicted molar refractivity (Wildman–Crippen MR) is 113 cm³/mol. The Morgan fingerprint density at radius 3 is 2.47 bits per heavy atom. The van der Waals surface area contributed by atoms with E-state index in [9.17, 15) is 39.6 Å². The minimum Gasteiger partial charge on any atom is -0.386 e. The van der Waals surface area contributed by atoms with E-state index in [-0.39, 0.29) is 22.6 Å². The van der Waals surface area contributed by atoms with Gasteiger partial charge in [0.1, 0.15) is 22.7 Å². The molecule has 3 aromatic heterocycles. The summed E-state index contributed by atoms with van der Waals surface area (Å²) >= 11 is 0. The first-order chi connectivity index (χ1) is 16.7. The maximum absolute atomic E-state index is 13.6. The lowest BCUT2D eigenvalue weighted by atomic mass is 10.2. The van der Waals surface area contributed by atoms with Crippen molar-refractivity contribution in [2.45, 2.75) is 43.1 Å². The maximum Gasteiger partial charge on any atom is 0.431 e. The molecule has 0 aliphatic heterocycles. The smallest absolute Gasteiger partial charge is 0.386 e. The Morgan fingerprint density at radius 1 is 1.19 bits per heavy atom. The van der Waals surface area contributed by atoms with E-state index < -0.39 is 56.9 Å². The molecule has 36 heavy (non-hydrogen) atoms. The minimum absolute atomic E-state index is 0.0211. The van der Waals surface area contributed by atoms with Crippen LogP contribution in [0.25, 0.3) is 17.0 Å². The van der Waals surface area contributed by atoms with Crippen molar-refractivity contribution < 1.29 is 39.6 Å². The molecule has 0 N–H and O–H groups in total. The van der Waals surface area contributed by atoms with Crippen molar-refractivity contribution in [3.8, 4) is 11.4 Å². The lowest BCUT2D eigenvalue weighted by molar-refractivity contribution is -0.173. The van der Waals surface area contributed by atoms with Gasteiger partial charge in [0.15, 0.2) is 9.84 Å². The van der Waals surface area contributed by atoms with Crippen LogP contribution in [0.3, 0.4) is 0 Å². The van der Waals surface area contributed by atoms with Gasteiger partial charge in [-0.2, -0.15) is 26.3 Å². The lowest BCUT2D eigenvalue weighted by Gasteiger charge is -2.14. The highest BCUT2D eigenvalue weighted by molar-refractivity contribution is 7.91. The van der Waals surface area contributed by atoms with Gasteiger partial charge in [-0.05, 0) is 18.9 Å². The second-order valence-electron chi connectivity index (χ2n) is 7.91. The number of aromatic nitrogens is 4. The van der Waals surface area contributed by atoms with Crippen molar-refractivity contribution in [1.29, 1.82) is 0 Å². The molecule has 1 aliphatic rings. The first kappa shape index (κ1) is 25.7. The van der Waals surface area contributed by atoms with E-state index >= 15 is 0 Å². The molecule has 16 heteroatoms. The number of hydrogen-bond acceptors (Lipinski definition) is 7. The van der Waals surface area contributed by atoms with E-state index in [2.05, 4.69) is 20.0 Å². The third-order valence-electron chi connectivity index (χ3n) is 5.21. The summed E-state index contributed by atoms with van der Waals surface area (Å²) in [5.74, 6) is -0.396. The van der Waals surface area contributed by atoms with Crippen molar-refractivity contribution in [3.63, 3.8) is 0 Å². The van der Waals surface area contributed by atoms with Crippen LogP contribution in [0.1, 0.15) is 37.1 Å². The summed E-state index contributed by atoms with van der Waals surface area (Å²) in [5, 5.41) is 3.14. The Bertz CT molecular complexity index is 1500. The van der Waals surface area contributed by atoms with Crippen LogP contribution in [0, 0.1) is 0 Å². The fraction of sp³-hybridized carbons (Fsp3) is 0.400. The second-order valence-corrected chi connectivity index (χ2v) is 10.2. The average molecular weight is 537 g/mol. The van der Waals surface area contributed by atoms with Crippen molar-refractivity contribution in [2.75, 3.05) is 12.4 Å². The van der Waals surface area contributed by atoms with Crippen LogP contribution in [-0.4, -0.2) is 52.1 Å². The number of sulfone groups is 1. The quantitative estimate of drug-likeness (QED) is 0.259. The summed E-state index contributed by atoms with van der Waals surface area (Å²) in [6.45, 7) is -0.325. The molecular formula is C20H17F6N5O4S. The molecule has 0 saturated heterocycles. The van der Waals surface area contributed by atoms with Gasteiger partial charge in [-0.3, -0.25) is 14.0 Å². The first-order valence-corrected chi connectivity index (χ1v) is 12.0. The van der Waals surface area contributed by atoms with Crippen molar-refractivity contribution in [2.24, 2.45) is 5.16 Å². The zero-order valence-corrected chi connectivity index (χ0v) is 19.2. The molecule has 0 radical (unpaired) electrons. The van der Waals surface area contributed by atoms with Gasteiger partial charge in [0, 0.05) is 30.1 Å². The Kier molecular flexibility index (Phi) is 6.34. The molecule has 1 fully saturated rings. The number of fused-ring (bicyclic) bond motifs is 1. The number of nitrogens with zero attached hydrogens (tertiary/aromatic N) is 5. The number of pyridine rings is 1. The molecule has 1 aliphatic carbocycles. The van der Waals surface area contributed by atoms with Gasteiger partial charge >= 0.3 is 18.0 Å². The van der Waals surface area contributed by atoms with E-state index in [1.807, 2.05) is 0 Å². The molecule has 194 valence electrons. The molecule has 4 rings (SSSR count). The Hall–Kier alpha value is -3.43. The SMILES string of the molecule is CCS(=O)(=O)c1cc(/C=N/OCC(F)(F)F)cnc1-c1cn2c(=O)n(C3CC3)c(C(F)(F)F)cc2n1. The van der Waals surface area contributed by atoms with E-state index in [1.165, 1.54) is 6.92 Å². The van der Waals surface area contributed by atoms with E-state index in [4.69, 9.17) is 0 Å². The third-order valence-corrected chi connectivity index (χ3v) is 6.95. The summed E-state index contributed by atoms with van der Waals surface area (Å²) in [6, 6.07) is 1.17. The fourth-order valence-corrected chi connectivity index (χ4v) is 4.48. The van der Waals surface area contributed by atoms with Gasteiger partial charge in [0.25, 0.3) is 0 Å². The average Bonchev–Trinajstić information content (AvgIpc) is 3.52. The highest BCUT2D eigenvalue weighted by Crippen LogP contribution is 2.39. The normalized spacial score (nSPS) is 15.2. The number of oxime groups is 1. The van der Waals surface area contributed by atoms with Gasteiger partial charge < -0.3 is 4.84 Å². The van der Waals surface area contributed by atoms with Crippen molar-refractivity contribution in [3.05, 3.63) is 46.3 Å². The van der Waals surface area contributed by atoms with Crippen LogP contribution in [0.2, 0.25) is 0 Å².